The summed E-state index contributed by atoms with van der Waals surface area (Å²) in [7, 11) is 0. The Morgan fingerprint density at radius 1 is 1.04 bits per heavy atom. The van der Waals surface area contributed by atoms with Gasteiger partial charge in [0.1, 0.15) is 5.75 Å². The topological polar surface area (TPSA) is 67.4 Å². The van der Waals surface area contributed by atoms with Crippen LogP contribution in [0.2, 0.25) is 0 Å². The fraction of sp³-hybridized carbons (Fsp3) is 0.391. The highest BCUT2D eigenvalue weighted by atomic mass is 16.5. The molecule has 2 aromatic rings. The van der Waals surface area contributed by atoms with Gasteiger partial charge < -0.3 is 15.4 Å². The van der Waals surface area contributed by atoms with Crippen LogP contribution in [0.5, 0.6) is 5.75 Å². The van der Waals surface area contributed by atoms with E-state index in [0.29, 0.717) is 17.0 Å². The number of aryl methyl sites for hydroxylation is 1. The minimum atomic E-state index is -0.629. The van der Waals surface area contributed by atoms with Crippen molar-refractivity contribution in [3.05, 3.63) is 59.7 Å². The molecule has 1 aliphatic carbocycles. The number of hydrogen-bond donors (Lipinski definition) is 2. The van der Waals surface area contributed by atoms with Crippen molar-refractivity contribution in [2.45, 2.75) is 58.1 Å². The molecule has 0 aromatic heterocycles. The first kappa shape index (κ1) is 19.9. The van der Waals surface area contributed by atoms with Gasteiger partial charge in [-0.25, -0.2) is 0 Å². The van der Waals surface area contributed by atoms with Crippen molar-refractivity contribution in [1.82, 2.24) is 5.32 Å². The fourth-order valence-corrected chi connectivity index (χ4v) is 3.41. The Balaban J connectivity index is 1.52. The number of carbonyl (C=O) groups is 2. The van der Waals surface area contributed by atoms with Crippen molar-refractivity contribution in [1.29, 1.82) is 0 Å². The molecule has 148 valence electrons. The monoisotopic (exact) mass is 380 g/mol. The molecule has 0 spiro atoms. The highest BCUT2D eigenvalue weighted by Gasteiger charge is 2.18. The molecule has 0 aliphatic heterocycles. The second kappa shape index (κ2) is 9.40. The Labute approximate surface area is 166 Å². The molecular formula is C23H28N2O3. The zero-order chi connectivity index (χ0) is 19.9. The molecule has 0 heterocycles. The van der Waals surface area contributed by atoms with Gasteiger partial charge in [0, 0.05) is 17.3 Å². The molecule has 1 atom stereocenters. The third-order valence-corrected chi connectivity index (χ3v) is 5.03. The molecule has 1 fully saturated rings. The minimum absolute atomic E-state index is 0.0547. The van der Waals surface area contributed by atoms with Crippen LogP contribution in [0.15, 0.2) is 48.5 Å². The summed E-state index contributed by atoms with van der Waals surface area (Å²) in [6.07, 6.45) is 5.10. The van der Waals surface area contributed by atoms with Gasteiger partial charge in [-0.15, -0.1) is 0 Å². The van der Waals surface area contributed by atoms with Crippen molar-refractivity contribution < 1.29 is 14.3 Å². The van der Waals surface area contributed by atoms with E-state index in [0.717, 1.165) is 18.4 Å². The molecule has 0 bridgehead atoms. The predicted octanol–water partition coefficient (Wildman–Crippen LogP) is 4.46. The van der Waals surface area contributed by atoms with E-state index < -0.39 is 6.10 Å². The van der Waals surface area contributed by atoms with E-state index in [1.165, 1.54) is 19.3 Å². The molecule has 0 saturated heterocycles. The van der Waals surface area contributed by atoms with Crippen LogP contribution >= 0.6 is 0 Å². The SMILES string of the molecule is Cc1cccc(OC(C)C(=O)Nc2ccc(C(=O)NC3CCCCC3)cc2)c1. The molecule has 2 aromatic carbocycles. The van der Waals surface area contributed by atoms with Crippen molar-refractivity contribution in [3.63, 3.8) is 0 Å². The van der Waals surface area contributed by atoms with Crippen LogP contribution in [-0.2, 0) is 4.79 Å². The molecule has 1 aliphatic rings. The minimum Gasteiger partial charge on any atom is -0.481 e. The van der Waals surface area contributed by atoms with Gasteiger partial charge in [0.15, 0.2) is 6.10 Å². The van der Waals surface area contributed by atoms with E-state index >= 15 is 0 Å². The highest BCUT2D eigenvalue weighted by molar-refractivity contribution is 5.97. The molecule has 2 amide bonds. The maximum atomic E-state index is 12.4. The normalized spacial score (nSPS) is 15.5. The number of hydrogen-bond acceptors (Lipinski definition) is 3. The number of amides is 2. The standard InChI is InChI=1S/C23H28N2O3/c1-16-7-6-10-21(15-16)28-17(2)22(26)24-20-13-11-18(12-14-20)23(27)25-19-8-4-3-5-9-19/h6-7,10-15,17,19H,3-5,8-9H2,1-2H3,(H,24,26)(H,25,27). The lowest BCUT2D eigenvalue weighted by Crippen LogP contribution is -2.36. The van der Waals surface area contributed by atoms with Crippen molar-refractivity contribution in [2.24, 2.45) is 0 Å². The van der Waals surface area contributed by atoms with E-state index in [4.69, 9.17) is 4.74 Å². The fourth-order valence-electron chi connectivity index (χ4n) is 3.41. The second-order valence-electron chi connectivity index (χ2n) is 7.45. The van der Waals surface area contributed by atoms with Crippen LogP contribution in [-0.4, -0.2) is 24.0 Å². The van der Waals surface area contributed by atoms with Crippen LogP contribution in [0.4, 0.5) is 5.69 Å². The van der Waals surface area contributed by atoms with Gasteiger partial charge in [-0.2, -0.15) is 0 Å². The Hall–Kier alpha value is -2.82. The number of anilines is 1. The Morgan fingerprint density at radius 3 is 2.43 bits per heavy atom. The summed E-state index contributed by atoms with van der Waals surface area (Å²) in [5.74, 6) is 0.374. The molecule has 2 N–H and O–H groups in total. The van der Waals surface area contributed by atoms with E-state index in [-0.39, 0.29) is 17.9 Å². The summed E-state index contributed by atoms with van der Waals surface area (Å²) in [6, 6.07) is 14.8. The Morgan fingerprint density at radius 2 is 1.75 bits per heavy atom. The third kappa shape index (κ3) is 5.59. The van der Waals surface area contributed by atoms with E-state index in [1.807, 2.05) is 31.2 Å². The number of carbonyl (C=O) groups excluding carboxylic acids is 2. The Kier molecular flexibility index (Phi) is 6.69. The maximum absolute atomic E-state index is 12.4. The molecule has 5 nitrogen and oxygen atoms in total. The summed E-state index contributed by atoms with van der Waals surface area (Å²) >= 11 is 0. The quantitative estimate of drug-likeness (QED) is 0.777. The van der Waals surface area contributed by atoms with E-state index in [1.54, 1.807) is 31.2 Å². The third-order valence-electron chi connectivity index (χ3n) is 5.03. The number of nitrogens with one attached hydrogen (secondary N) is 2. The smallest absolute Gasteiger partial charge is 0.265 e. The first-order valence-electron chi connectivity index (χ1n) is 9.96. The number of ether oxygens (including phenoxy) is 1. The van der Waals surface area contributed by atoms with Gasteiger partial charge in [0.05, 0.1) is 0 Å². The lowest BCUT2D eigenvalue weighted by molar-refractivity contribution is -0.122. The Bertz CT molecular complexity index is 811. The van der Waals surface area contributed by atoms with Crippen LogP contribution in [0, 0.1) is 6.92 Å². The molecule has 1 unspecified atom stereocenters. The molecule has 1 saturated carbocycles. The number of benzene rings is 2. The van der Waals surface area contributed by atoms with E-state index in [2.05, 4.69) is 10.6 Å². The van der Waals surface area contributed by atoms with Gasteiger partial charge in [0.2, 0.25) is 0 Å². The van der Waals surface area contributed by atoms with Crippen molar-refractivity contribution in [2.75, 3.05) is 5.32 Å². The molecule has 5 heteroatoms. The highest BCUT2D eigenvalue weighted by Crippen LogP contribution is 2.19. The van der Waals surface area contributed by atoms with Crippen molar-refractivity contribution >= 4 is 17.5 Å². The van der Waals surface area contributed by atoms with Gasteiger partial charge in [-0.1, -0.05) is 31.4 Å². The first-order valence-corrected chi connectivity index (χ1v) is 9.96. The van der Waals surface area contributed by atoms with Gasteiger partial charge >= 0.3 is 0 Å². The zero-order valence-corrected chi connectivity index (χ0v) is 16.5. The maximum Gasteiger partial charge on any atom is 0.265 e. The first-order chi connectivity index (χ1) is 13.5. The molecule has 0 radical (unpaired) electrons. The lowest BCUT2D eigenvalue weighted by Gasteiger charge is -2.22. The summed E-state index contributed by atoms with van der Waals surface area (Å²) in [6.45, 7) is 3.69. The zero-order valence-electron chi connectivity index (χ0n) is 16.5. The van der Waals surface area contributed by atoms with Crippen LogP contribution in [0.3, 0.4) is 0 Å². The van der Waals surface area contributed by atoms with Gasteiger partial charge in [0.25, 0.3) is 11.8 Å². The van der Waals surface area contributed by atoms with Crippen LogP contribution in [0.25, 0.3) is 0 Å². The lowest BCUT2D eigenvalue weighted by atomic mass is 9.95. The summed E-state index contributed by atoms with van der Waals surface area (Å²) in [5, 5.41) is 5.93. The van der Waals surface area contributed by atoms with Gasteiger partial charge in [-0.3, -0.25) is 9.59 Å². The van der Waals surface area contributed by atoms with Gasteiger partial charge in [-0.05, 0) is 68.7 Å². The van der Waals surface area contributed by atoms with Crippen LogP contribution in [0.1, 0.15) is 54.9 Å². The largest absolute Gasteiger partial charge is 0.481 e. The summed E-state index contributed by atoms with van der Waals surface area (Å²) in [5.41, 5.74) is 2.32. The molecule has 28 heavy (non-hydrogen) atoms. The number of rotatable bonds is 6. The van der Waals surface area contributed by atoms with E-state index in [9.17, 15) is 9.59 Å². The second-order valence-corrected chi connectivity index (χ2v) is 7.45. The molecule has 3 rings (SSSR count). The predicted molar refractivity (Wildman–Crippen MR) is 111 cm³/mol. The average Bonchev–Trinajstić information content (AvgIpc) is 2.69. The summed E-state index contributed by atoms with van der Waals surface area (Å²) < 4.78 is 5.70. The van der Waals surface area contributed by atoms with Crippen LogP contribution < -0.4 is 15.4 Å². The molecular weight excluding hydrogens is 352 g/mol. The average molecular weight is 380 g/mol. The summed E-state index contributed by atoms with van der Waals surface area (Å²) in [4.78, 5) is 24.7. The van der Waals surface area contributed by atoms with Crippen molar-refractivity contribution in [3.8, 4) is 5.75 Å².